The van der Waals surface area contributed by atoms with E-state index in [9.17, 15) is 9.59 Å². The molecule has 1 aromatic rings. The monoisotopic (exact) mass is 475 g/mol. The van der Waals surface area contributed by atoms with Gasteiger partial charge < -0.3 is 15.9 Å². The van der Waals surface area contributed by atoms with Crippen LogP contribution in [0.5, 0.6) is 0 Å². The first-order valence-corrected chi connectivity index (χ1v) is 13.2. The van der Waals surface area contributed by atoms with Crippen LogP contribution in [0.15, 0.2) is 30.4 Å². The number of aliphatic carboxylic acids is 2. The Morgan fingerprint density at radius 3 is 2.42 bits per heavy atom. The van der Waals surface area contributed by atoms with E-state index < -0.39 is 11.9 Å². The molecule has 2 aliphatic carbocycles. The summed E-state index contributed by atoms with van der Waals surface area (Å²) in [6.07, 6.45) is 9.08. The van der Waals surface area contributed by atoms with E-state index in [1.807, 2.05) is 0 Å². The number of benzene rings is 1. The molecule has 2 aliphatic rings. The molecule has 0 aromatic heterocycles. The zero-order chi connectivity index (χ0) is 24.6. The lowest BCUT2D eigenvalue weighted by atomic mass is 9.50. The van der Waals surface area contributed by atoms with Crippen molar-refractivity contribution in [2.24, 2.45) is 17.1 Å². The first-order valence-electron chi connectivity index (χ1n) is 12.1. The maximum atomic E-state index is 9.55. The number of fused-ring (bicyclic) bond motifs is 3. The van der Waals surface area contributed by atoms with Gasteiger partial charge in [0.2, 0.25) is 0 Å². The maximum Gasteiger partial charge on any atom is 0.328 e. The van der Waals surface area contributed by atoms with Crippen LogP contribution in [-0.4, -0.2) is 40.2 Å². The average molecular weight is 476 g/mol. The number of carboxylic acids is 2. The lowest BCUT2D eigenvalue weighted by Crippen LogP contribution is -2.50. The number of carboxylic acid groups (broad SMARTS) is 2. The second-order valence-corrected chi connectivity index (χ2v) is 11.4. The third kappa shape index (κ3) is 7.10. The van der Waals surface area contributed by atoms with E-state index in [0.717, 1.165) is 18.9 Å². The van der Waals surface area contributed by atoms with Crippen molar-refractivity contribution in [3.63, 3.8) is 0 Å². The van der Waals surface area contributed by atoms with Crippen LogP contribution in [0.2, 0.25) is 0 Å². The van der Waals surface area contributed by atoms with Crippen molar-refractivity contribution in [1.82, 2.24) is 0 Å². The van der Waals surface area contributed by atoms with Crippen LogP contribution >= 0.6 is 11.8 Å². The standard InChI is InChI=1S/C23H37NS.C4H4O4/c1-17(2)18-7-9-20-19(15-18)8-10-21-22(3,16-25-14-6-13-24)11-5-12-23(20,21)4;5-3(6)1-2-4(7)8/h7,9,15,17,21H,5-6,8,10-14,16,24H2,1-4H3;1-2H,(H,5,6)(H,7,8)/b;2-1+/t21?,22-,23-;/m1./s1. The summed E-state index contributed by atoms with van der Waals surface area (Å²) in [5.41, 5.74) is 11.4. The smallest absolute Gasteiger partial charge is 0.328 e. The Labute approximate surface area is 203 Å². The van der Waals surface area contributed by atoms with Crippen LogP contribution in [0.25, 0.3) is 0 Å². The van der Waals surface area contributed by atoms with Gasteiger partial charge in [0, 0.05) is 12.2 Å². The molecule has 6 heteroatoms. The Balaban J connectivity index is 0.000000414. The van der Waals surface area contributed by atoms with Gasteiger partial charge >= 0.3 is 11.9 Å². The van der Waals surface area contributed by atoms with Gasteiger partial charge in [-0.25, -0.2) is 9.59 Å². The third-order valence-electron chi connectivity index (χ3n) is 7.46. The summed E-state index contributed by atoms with van der Waals surface area (Å²) in [6, 6.07) is 7.41. The lowest BCUT2D eigenvalue weighted by Gasteiger charge is -2.55. The SMILES string of the molecule is CC(C)c1ccc2c(c1)CCC1[C@@](C)(CSCCCN)CCC[C@]21C.O=C(O)/C=C/C(=O)O. The molecule has 1 fully saturated rings. The highest BCUT2D eigenvalue weighted by Gasteiger charge is 2.51. The summed E-state index contributed by atoms with van der Waals surface area (Å²) in [6.45, 7) is 10.6. The van der Waals surface area contributed by atoms with E-state index in [-0.39, 0.29) is 0 Å². The van der Waals surface area contributed by atoms with E-state index >= 15 is 0 Å². The van der Waals surface area contributed by atoms with Crippen LogP contribution in [0.1, 0.15) is 82.4 Å². The largest absolute Gasteiger partial charge is 0.478 e. The van der Waals surface area contributed by atoms with Crippen LogP contribution in [0.4, 0.5) is 0 Å². The summed E-state index contributed by atoms with van der Waals surface area (Å²) in [5.74, 6) is 1.49. The number of thioether (sulfide) groups is 1. The van der Waals surface area contributed by atoms with Crippen molar-refractivity contribution in [1.29, 1.82) is 0 Å². The van der Waals surface area contributed by atoms with Crippen LogP contribution in [0, 0.1) is 11.3 Å². The van der Waals surface area contributed by atoms with Gasteiger partial charge in [-0.2, -0.15) is 11.8 Å². The predicted molar refractivity (Wildman–Crippen MR) is 137 cm³/mol. The molecule has 0 aliphatic heterocycles. The van der Waals surface area contributed by atoms with E-state index in [1.165, 1.54) is 49.2 Å². The molecule has 1 aromatic carbocycles. The molecular formula is C27H41NO4S. The van der Waals surface area contributed by atoms with Gasteiger partial charge in [0.1, 0.15) is 0 Å². The van der Waals surface area contributed by atoms with Crippen LogP contribution in [-0.2, 0) is 21.4 Å². The van der Waals surface area contributed by atoms with E-state index in [1.54, 1.807) is 11.1 Å². The van der Waals surface area contributed by atoms with Crippen molar-refractivity contribution >= 4 is 23.7 Å². The molecule has 33 heavy (non-hydrogen) atoms. The van der Waals surface area contributed by atoms with Gasteiger partial charge in [0.05, 0.1) is 0 Å². The average Bonchev–Trinajstić information content (AvgIpc) is 2.75. The summed E-state index contributed by atoms with van der Waals surface area (Å²) in [5, 5.41) is 15.6. The number of hydrogen-bond acceptors (Lipinski definition) is 4. The summed E-state index contributed by atoms with van der Waals surface area (Å²) in [4.78, 5) is 19.1. The highest BCUT2D eigenvalue weighted by molar-refractivity contribution is 7.99. The molecule has 1 saturated carbocycles. The molecule has 3 rings (SSSR count). The van der Waals surface area contributed by atoms with Gasteiger partial charge in [0.25, 0.3) is 0 Å². The highest BCUT2D eigenvalue weighted by Crippen LogP contribution is 2.58. The number of rotatable bonds is 8. The molecule has 184 valence electrons. The van der Waals surface area contributed by atoms with Gasteiger partial charge in [-0.3, -0.25) is 0 Å². The summed E-state index contributed by atoms with van der Waals surface area (Å²) >= 11 is 2.15. The molecule has 4 N–H and O–H groups in total. The Hall–Kier alpha value is -1.79. The maximum absolute atomic E-state index is 9.55. The Morgan fingerprint density at radius 1 is 1.18 bits per heavy atom. The van der Waals surface area contributed by atoms with Gasteiger partial charge in [0.15, 0.2) is 0 Å². The molecule has 5 nitrogen and oxygen atoms in total. The van der Waals surface area contributed by atoms with Crippen LogP contribution < -0.4 is 5.73 Å². The quantitative estimate of drug-likeness (QED) is 0.333. The molecule has 1 unspecified atom stereocenters. The minimum Gasteiger partial charge on any atom is -0.478 e. The van der Waals surface area contributed by atoms with Crippen molar-refractivity contribution in [3.05, 3.63) is 47.0 Å². The third-order valence-corrected chi connectivity index (χ3v) is 8.90. The molecule has 0 amide bonds. The number of hydrogen-bond donors (Lipinski definition) is 3. The minimum absolute atomic E-state index is 0.379. The zero-order valence-electron chi connectivity index (χ0n) is 20.6. The first kappa shape index (κ1) is 27.5. The Bertz CT molecular complexity index is 837. The molecule has 0 spiro atoms. The molecule has 0 saturated heterocycles. The fraction of sp³-hybridized carbons (Fsp3) is 0.630. The second kappa shape index (κ2) is 12.1. The van der Waals surface area contributed by atoms with Crippen LogP contribution in [0.3, 0.4) is 0 Å². The van der Waals surface area contributed by atoms with Gasteiger partial charge in [-0.15, -0.1) is 0 Å². The summed E-state index contributed by atoms with van der Waals surface area (Å²) < 4.78 is 0. The highest BCUT2D eigenvalue weighted by atomic mass is 32.2. The van der Waals surface area contributed by atoms with Crippen molar-refractivity contribution in [2.45, 2.75) is 77.6 Å². The number of nitrogens with two attached hydrogens (primary N) is 1. The fourth-order valence-corrected chi connectivity index (χ4v) is 7.14. The molecule has 0 radical (unpaired) electrons. The van der Waals surface area contributed by atoms with Gasteiger partial charge in [-0.1, -0.05) is 52.3 Å². The van der Waals surface area contributed by atoms with E-state index in [4.69, 9.17) is 15.9 Å². The van der Waals surface area contributed by atoms with Crippen molar-refractivity contribution < 1.29 is 19.8 Å². The second-order valence-electron chi connectivity index (χ2n) is 10.3. The summed E-state index contributed by atoms with van der Waals surface area (Å²) in [7, 11) is 0. The predicted octanol–water partition coefficient (Wildman–Crippen LogP) is 5.61. The molecule has 3 atom stereocenters. The normalized spacial score (nSPS) is 26.3. The van der Waals surface area contributed by atoms with Crippen molar-refractivity contribution in [3.8, 4) is 0 Å². The zero-order valence-corrected chi connectivity index (χ0v) is 21.4. The molecule has 0 bridgehead atoms. The lowest BCUT2D eigenvalue weighted by molar-refractivity contribution is -0.134. The minimum atomic E-state index is -1.26. The number of carbonyl (C=O) groups is 2. The molecule has 0 heterocycles. The Morgan fingerprint density at radius 2 is 1.85 bits per heavy atom. The van der Waals surface area contributed by atoms with Gasteiger partial charge in [-0.05, 0) is 89.5 Å². The first-order chi connectivity index (χ1) is 15.5. The molecular weight excluding hydrogens is 434 g/mol. The van der Waals surface area contributed by atoms with E-state index in [2.05, 4.69) is 57.7 Å². The number of aryl methyl sites for hydroxylation is 1. The fourth-order valence-electron chi connectivity index (χ4n) is 5.81. The van der Waals surface area contributed by atoms with E-state index in [0.29, 0.717) is 28.9 Å². The van der Waals surface area contributed by atoms with Crippen molar-refractivity contribution in [2.75, 3.05) is 18.1 Å². The Kier molecular flexibility index (Phi) is 10.0. The topological polar surface area (TPSA) is 101 Å².